The number of thiazole rings is 1. The van der Waals surface area contributed by atoms with Crippen LogP contribution in [0.15, 0.2) is 28.7 Å². The molecule has 0 unspecified atom stereocenters. The number of nitrogen functional groups attached to an aromatic ring is 1. The monoisotopic (exact) mass is 368 g/mol. The van der Waals surface area contributed by atoms with Crippen molar-refractivity contribution in [2.75, 3.05) is 22.9 Å². The van der Waals surface area contributed by atoms with Gasteiger partial charge in [0.2, 0.25) is 0 Å². The number of nitrogens with two attached hydrogens (primary N) is 1. The van der Waals surface area contributed by atoms with E-state index in [4.69, 9.17) is 5.73 Å². The summed E-state index contributed by atoms with van der Waals surface area (Å²) in [4.78, 5) is 16.9. The van der Waals surface area contributed by atoms with Gasteiger partial charge in [-0.05, 0) is 34.0 Å². The number of para-hydroxylation sites is 1. The van der Waals surface area contributed by atoms with Crippen molar-refractivity contribution in [2.24, 2.45) is 5.92 Å². The van der Waals surface area contributed by atoms with Gasteiger partial charge in [-0.3, -0.25) is 4.79 Å². The number of benzene rings is 1. The maximum absolute atomic E-state index is 12.3. The Hall–Kier alpha value is -1.60. The molecule has 0 radical (unpaired) electrons. The number of nitrogens with zero attached hydrogens (tertiary/aromatic N) is 1. The van der Waals surface area contributed by atoms with Crippen molar-refractivity contribution in [1.29, 1.82) is 0 Å². The van der Waals surface area contributed by atoms with E-state index in [0.717, 1.165) is 11.0 Å². The number of carbonyl (C=O) groups excluding carboxylic acids is 1. The van der Waals surface area contributed by atoms with Gasteiger partial charge >= 0.3 is 0 Å². The van der Waals surface area contributed by atoms with E-state index in [1.807, 2.05) is 24.3 Å². The summed E-state index contributed by atoms with van der Waals surface area (Å²) in [6.07, 6.45) is 0. The van der Waals surface area contributed by atoms with Crippen LogP contribution in [-0.4, -0.2) is 17.4 Å². The molecule has 0 aliphatic heterocycles. The van der Waals surface area contributed by atoms with E-state index in [1.54, 1.807) is 0 Å². The van der Waals surface area contributed by atoms with Gasteiger partial charge in [-0.25, -0.2) is 4.98 Å². The van der Waals surface area contributed by atoms with Gasteiger partial charge in [-0.2, -0.15) is 0 Å². The Morgan fingerprint density at radius 3 is 2.81 bits per heavy atom. The Kier molecular flexibility index (Phi) is 5.19. The van der Waals surface area contributed by atoms with Crippen LogP contribution < -0.4 is 16.4 Å². The van der Waals surface area contributed by atoms with Gasteiger partial charge in [0, 0.05) is 11.0 Å². The number of aromatic nitrogens is 1. The number of halogens is 1. The summed E-state index contributed by atoms with van der Waals surface area (Å²) in [6.45, 7) is 4.99. The number of anilines is 3. The van der Waals surface area contributed by atoms with Crippen molar-refractivity contribution in [3.8, 4) is 0 Å². The fourth-order valence-corrected chi connectivity index (χ4v) is 2.77. The molecule has 1 aromatic carbocycles. The largest absolute Gasteiger partial charge is 0.382 e. The minimum Gasteiger partial charge on any atom is -0.382 e. The third kappa shape index (κ3) is 4.18. The number of hydrogen-bond acceptors (Lipinski definition) is 5. The van der Waals surface area contributed by atoms with Crippen LogP contribution in [0.1, 0.15) is 23.5 Å². The van der Waals surface area contributed by atoms with Crippen molar-refractivity contribution in [1.82, 2.24) is 4.98 Å². The minimum absolute atomic E-state index is 0.246. The summed E-state index contributed by atoms with van der Waals surface area (Å²) in [6, 6.07) is 7.42. The molecule has 0 aliphatic rings. The van der Waals surface area contributed by atoms with Gasteiger partial charge in [0.15, 0.2) is 5.13 Å². The number of amides is 1. The molecule has 4 N–H and O–H groups in total. The zero-order chi connectivity index (χ0) is 15.4. The maximum Gasteiger partial charge on any atom is 0.269 e. The molecular formula is C14H17BrN4OS. The van der Waals surface area contributed by atoms with Crippen molar-refractivity contribution in [3.05, 3.63) is 33.6 Å². The molecule has 0 atom stereocenters. The Morgan fingerprint density at radius 1 is 1.43 bits per heavy atom. The molecule has 0 aliphatic carbocycles. The van der Waals surface area contributed by atoms with Crippen LogP contribution in [0, 0.1) is 5.92 Å². The topological polar surface area (TPSA) is 80.0 Å². The molecular weight excluding hydrogens is 352 g/mol. The third-order valence-electron chi connectivity index (χ3n) is 2.64. The molecule has 2 aromatic rings. The Balaban J connectivity index is 2.11. The smallest absolute Gasteiger partial charge is 0.269 e. The lowest BCUT2D eigenvalue weighted by molar-refractivity contribution is 0.103. The fourth-order valence-electron chi connectivity index (χ4n) is 1.60. The maximum atomic E-state index is 12.3. The highest BCUT2D eigenvalue weighted by molar-refractivity contribution is 9.10. The molecule has 0 bridgehead atoms. The first kappa shape index (κ1) is 15.8. The molecule has 0 saturated carbocycles. The van der Waals surface area contributed by atoms with Crippen molar-refractivity contribution < 1.29 is 4.79 Å². The molecule has 21 heavy (non-hydrogen) atoms. The van der Waals surface area contributed by atoms with Gasteiger partial charge < -0.3 is 16.4 Å². The summed E-state index contributed by atoms with van der Waals surface area (Å²) >= 11 is 4.65. The molecule has 112 valence electrons. The average Bonchev–Trinajstić information content (AvgIpc) is 2.80. The van der Waals surface area contributed by atoms with Gasteiger partial charge in [-0.1, -0.05) is 37.3 Å². The Bertz CT molecular complexity index is 642. The highest BCUT2D eigenvalue weighted by Crippen LogP contribution is 2.28. The number of hydrogen-bond donors (Lipinski definition) is 3. The molecule has 7 heteroatoms. The van der Waals surface area contributed by atoms with Crippen LogP contribution in [0.5, 0.6) is 0 Å². The third-order valence-corrected chi connectivity index (χ3v) is 4.36. The number of rotatable bonds is 5. The van der Waals surface area contributed by atoms with E-state index in [0.29, 0.717) is 21.6 Å². The van der Waals surface area contributed by atoms with Gasteiger partial charge in [-0.15, -0.1) is 0 Å². The van der Waals surface area contributed by atoms with Gasteiger partial charge in [0.25, 0.3) is 5.91 Å². The summed E-state index contributed by atoms with van der Waals surface area (Å²) in [5.74, 6) is 0.484. The predicted molar refractivity (Wildman–Crippen MR) is 91.9 cm³/mol. The average molecular weight is 369 g/mol. The molecule has 1 heterocycles. The van der Waals surface area contributed by atoms with Crippen molar-refractivity contribution >= 4 is 49.8 Å². The van der Waals surface area contributed by atoms with Crippen molar-refractivity contribution in [2.45, 2.75) is 13.8 Å². The fraction of sp³-hybridized carbons (Fsp3) is 0.286. The van der Waals surface area contributed by atoms with E-state index in [2.05, 4.69) is 45.4 Å². The highest BCUT2D eigenvalue weighted by atomic mass is 79.9. The number of carbonyl (C=O) groups is 1. The molecule has 1 aromatic heterocycles. The van der Waals surface area contributed by atoms with E-state index in [9.17, 15) is 4.79 Å². The van der Waals surface area contributed by atoms with Crippen LogP contribution in [0.2, 0.25) is 0 Å². The van der Waals surface area contributed by atoms with E-state index >= 15 is 0 Å². The molecule has 5 nitrogen and oxygen atoms in total. The summed E-state index contributed by atoms with van der Waals surface area (Å²) in [5, 5.41) is 6.66. The zero-order valence-electron chi connectivity index (χ0n) is 11.8. The Labute approximate surface area is 136 Å². The molecule has 2 rings (SSSR count). The molecule has 0 saturated heterocycles. The number of nitrogens with one attached hydrogen (secondary N) is 2. The van der Waals surface area contributed by atoms with E-state index < -0.39 is 0 Å². The van der Waals surface area contributed by atoms with Crippen LogP contribution >= 0.6 is 27.3 Å². The quantitative estimate of drug-likeness (QED) is 0.749. The minimum atomic E-state index is -0.255. The van der Waals surface area contributed by atoms with Gasteiger partial charge in [0.1, 0.15) is 10.7 Å². The predicted octanol–water partition coefficient (Wildman–Crippen LogP) is 3.81. The van der Waals surface area contributed by atoms with Crippen LogP contribution in [-0.2, 0) is 0 Å². The summed E-state index contributed by atoms with van der Waals surface area (Å²) < 4.78 is 0.819. The summed E-state index contributed by atoms with van der Waals surface area (Å²) in [5.41, 5.74) is 6.53. The first-order valence-electron chi connectivity index (χ1n) is 6.53. The Morgan fingerprint density at radius 2 is 2.14 bits per heavy atom. The zero-order valence-corrected chi connectivity index (χ0v) is 14.2. The van der Waals surface area contributed by atoms with Gasteiger partial charge in [0.05, 0.1) is 5.69 Å². The van der Waals surface area contributed by atoms with Crippen LogP contribution in [0.4, 0.5) is 16.6 Å². The lowest BCUT2D eigenvalue weighted by Crippen LogP contribution is -2.12. The molecule has 0 spiro atoms. The summed E-state index contributed by atoms with van der Waals surface area (Å²) in [7, 11) is 0. The highest BCUT2D eigenvalue weighted by Gasteiger charge is 2.17. The second-order valence-electron chi connectivity index (χ2n) is 4.94. The molecule has 1 amide bonds. The van der Waals surface area contributed by atoms with E-state index in [-0.39, 0.29) is 11.7 Å². The first-order chi connectivity index (χ1) is 9.97. The van der Waals surface area contributed by atoms with Crippen LogP contribution in [0.3, 0.4) is 0 Å². The van der Waals surface area contributed by atoms with E-state index in [1.165, 1.54) is 11.3 Å². The molecule has 0 fully saturated rings. The van der Waals surface area contributed by atoms with Crippen LogP contribution in [0.25, 0.3) is 0 Å². The SMILES string of the molecule is CC(C)CNc1nc(N)c(C(=O)Nc2ccccc2Br)s1. The standard InChI is InChI=1S/C14H17BrN4OS/c1-8(2)7-17-14-19-12(16)11(21-14)13(20)18-10-6-4-3-5-9(10)15/h3-6,8H,7,16H2,1-2H3,(H,17,19)(H,18,20). The normalized spacial score (nSPS) is 10.7. The first-order valence-corrected chi connectivity index (χ1v) is 8.14. The lowest BCUT2D eigenvalue weighted by Gasteiger charge is -2.05. The second-order valence-corrected chi connectivity index (χ2v) is 6.80. The van der Waals surface area contributed by atoms with Crippen molar-refractivity contribution in [3.63, 3.8) is 0 Å². The second kappa shape index (κ2) is 6.91. The lowest BCUT2D eigenvalue weighted by atomic mass is 10.2.